The molecule has 170 valence electrons. The van der Waals surface area contributed by atoms with Crippen LogP contribution in [0.2, 0.25) is 0 Å². The first-order valence-electron chi connectivity index (χ1n) is 9.45. The normalized spacial score (nSPS) is 11.8. The average molecular weight is 461 g/mol. The van der Waals surface area contributed by atoms with Crippen LogP contribution in [0.3, 0.4) is 0 Å². The van der Waals surface area contributed by atoms with Crippen LogP contribution >= 0.6 is 11.3 Å². The van der Waals surface area contributed by atoms with Crippen molar-refractivity contribution < 1.29 is 29.0 Å². The third-order valence-electron chi connectivity index (χ3n) is 3.77. The largest absolute Gasteiger partial charge is 0.480 e. The highest BCUT2D eigenvalue weighted by molar-refractivity contribution is 7.13. The van der Waals surface area contributed by atoms with Crippen molar-refractivity contribution in [1.29, 1.82) is 0 Å². The number of aromatic nitrogens is 1. The molecule has 2 rings (SSSR count). The number of amides is 3. The quantitative estimate of drug-likeness (QED) is 0.464. The monoisotopic (exact) mass is 460 g/mol. The second-order valence-electron chi connectivity index (χ2n) is 7.71. The summed E-state index contributed by atoms with van der Waals surface area (Å²) < 4.78 is 5.20. The molecule has 10 nitrogen and oxygen atoms in total. The Hall–Kier alpha value is -3.73. The molecule has 0 bridgehead atoms. The van der Waals surface area contributed by atoms with E-state index in [1.165, 1.54) is 23.6 Å². The van der Waals surface area contributed by atoms with Gasteiger partial charge >= 0.3 is 12.1 Å². The van der Waals surface area contributed by atoms with E-state index in [2.05, 4.69) is 27.5 Å². The molecule has 0 spiro atoms. The molecule has 11 heteroatoms. The zero-order chi connectivity index (χ0) is 24.1. The Morgan fingerprint density at radius 3 is 2.34 bits per heavy atom. The SMILES string of the molecule is C=C(NC(=O)c1csc(-c2ccc(NC(=O)OC(C)(C)C)cc2)n1)C(=O)NC(C)C(=O)O. The second kappa shape index (κ2) is 10.1. The van der Waals surface area contributed by atoms with Crippen molar-refractivity contribution >= 4 is 40.9 Å². The molecule has 0 fully saturated rings. The van der Waals surface area contributed by atoms with Gasteiger partial charge in [-0.25, -0.2) is 9.78 Å². The van der Waals surface area contributed by atoms with Gasteiger partial charge in [0.2, 0.25) is 0 Å². The first-order valence-corrected chi connectivity index (χ1v) is 10.3. The Kier molecular flexibility index (Phi) is 7.71. The number of benzene rings is 1. The number of anilines is 1. The maximum absolute atomic E-state index is 12.3. The average Bonchev–Trinajstić information content (AvgIpc) is 3.17. The first-order chi connectivity index (χ1) is 14.9. The number of carbonyl (C=O) groups excluding carboxylic acids is 3. The molecule has 3 amide bonds. The van der Waals surface area contributed by atoms with Gasteiger partial charge in [0.05, 0.1) is 5.70 Å². The lowest BCUT2D eigenvalue weighted by molar-refractivity contribution is -0.140. The first kappa shape index (κ1) is 24.5. The van der Waals surface area contributed by atoms with E-state index < -0.39 is 35.5 Å². The predicted octanol–water partition coefficient (Wildman–Crippen LogP) is 2.99. The molecular weight excluding hydrogens is 436 g/mol. The zero-order valence-corrected chi connectivity index (χ0v) is 18.8. The minimum absolute atomic E-state index is 0.0705. The summed E-state index contributed by atoms with van der Waals surface area (Å²) in [5.74, 6) is -2.68. The standard InChI is InChI=1S/C21H24N4O6S/c1-11(16(26)23-12(2)19(28)29)22-17(27)15-10-32-18(25-15)13-6-8-14(9-7-13)24-20(30)31-21(3,4)5/h6-10,12H,1H2,2-5H3,(H,22,27)(H,23,26)(H,24,30)(H,28,29). The van der Waals surface area contributed by atoms with Gasteiger partial charge in [0, 0.05) is 16.6 Å². The van der Waals surface area contributed by atoms with Crippen LogP contribution in [-0.4, -0.2) is 45.6 Å². The summed E-state index contributed by atoms with van der Waals surface area (Å²) in [6.07, 6.45) is -0.569. The number of carbonyl (C=O) groups is 4. The van der Waals surface area contributed by atoms with Gasteiger partial charge < -0.3 is 20.5 Å². The number of thiazole rings is 1. The molecule has 0 aliphatic carbocycles. The van der Waals surface area contributed by atoms with Gasteiger partial charge in [-0.2, -0.15) is 0 Å². The maximum atomic E-state index is 12.3. The molecule has 1 unspecified atom stereocenters. The van der Waals surface area contributed by atoms with Crippen LogP contribution in [0, 0.1) is 0 Å². The van der Waals surface area contributed by atoms with E-state index in [0.717, 1.165) is 5.56 Å². The molecule has 0 aliphatic heterocycles. The summed E-state index contributed by atoms with van der Waals surface area (Å²) in [5, 5.41) is 18.0. The highest BCUT2D eigenvalue weighted by atomic mass is 32.1. The number of hydrogen-bond acceptors (Lipinski definition) is 7. The third-order valence-corrected chi connectivity index (χ3v) is 4.66. The van der Waals surface area contributed by atoms with Crippen molar-refractivity contribution in [2.24, 2.45) is 0 Å². The van der Waals surface area contributed by atoms with Crippen LogP contribution in [0.4, 0.5) is 10.5 Å². The van der Waals surface area contributed by atoms with Gasteiger partial charge in [0.25, 0.3) is 11.8 Å². The molecule has 2 aromatic rings. The number of rotatable bonds is 7. The lowest BCUT2D eigenvalue weighted by Gasteiger charge is -2.19. The molecule has 1 atom stereocenters. The Bertz CT molecular complexity index is 1040. The lowest BCUT2D eigenvalue weighted by atomic mass is 10.2. The van der Waals surface area contributed by atoms with Crippen molar-refractivity contribution in [3.8, 4) is 10.6 Å². The number of hydrogen-bond donors (Lipinski definition) is 4. The van der Waals surface area contributed by atoms with E-state index in [-0.39, 0.29) is 11.4 Å². The summed E-state index contributed by atoms with van der Waals surface area (Å²) in [6.45, 7) is 10.0. The third kappa shape index (κ3) is 7.20. The van der Waals surface area contributed by atoms with Gasteiger partial charge in [-0.15, -0.1) is 11.3 Å². The summed E-state index contributed by atoms with van der Waals surface area (Å²) >= 11 is 1.22. The highest BCUT2D eigenvalue weighted by Gasteiger charge is 2.20. The molecule has 0 aliphatic rings. The Balaban J connectivity index is 1.99. The topological polar surface area (TPSA) is 147 Å². The van der Waals surface area contributed by atoms with Crippen molar-refractivity contribution in [3.63, 3.8) is 0 Å². The molecule has 1 heterocycles. The second-order valence-corrected chi connectivity index (χ2v) is 8.57. The smallest absolute Gasteiger partial charge is 0.412 e. The van der Waals surface area contributed by atoms with Gasteiger partial charge in [-0.1, -0.05) is 6.58 Å². The number of carboxylic acids is 1. The van der Waals surface area contributed by atoms with Gasteiger partial charge in [0.15, 0.2) is 0 Å². The van der Waals surface area contributed by atoms with Crippen LogP contribution in [0.25, 0.3) is 10.6 Å². The molecule has 1 aromatic carbocycles. The molecule has 0 saturated carbocycles. The maximum Gasteiger partial charge on any atom is 0.412 e. The van der Waals surface area contributed by atoms with Gasteiger partial charge in [-0.3, -0.25) is 19.7 Å². The van der Waals surface area contributed by atoms with E-state index in [0.29, 0.717) is 10.7 Å². The fraction of sp³-hybridized carbons (Fsp3) is 0.286. The van der Waals surface area contributed by atoms with E-state index in [4.69, 9.17) is 9.84 Å². The van der Waals surface area contributed by atoms with E-state index in [9.17, 15) is 19.2 Å². The van der Waals surface area contributed by atoms with Gasteiger partial charge in [-0.05, 0) is 52.0 Å². The zero-order valence-electron chi connectivity index (χ0n) is 18.0. The minimum Gasteiger partial charge on any atom is -0.480 e. The van der Waals surface area contributed by atoms with Crippen molar-refractivity contribution in [3.05, 3.63) is 47.6 Å². The number of carboxylic acid groups (broad SMARTS) is 1. The summed E-state index contributed by atoms with van der Waals surface area (Å²) in [4.78, 5) is 51.1. The lowest BCUT2D eigenvalue weighted by Crippen LogP contribution is -2.42. The van der Waals surface area contributed by atoms with Crippen LogP contribution in [0.1, 0.15) is 38.2 Å². The summed E-state index contributed by atoms with van der Waals surface area (Å²) in [6, 6.07) is 5.68. The number of aliphatic carboxylic acids is 1. The molecule has 32 heavy (non-hydrogen) atoms. The molecular formula is C21H24N4O6S. The number of nitrogens with one attached hydrogen (secondary N) is 3. The predicted molar refractivity (Wildman–Crippen MR) is 119 cm³/mol. The molecule has 4 N–H and O–H groups in total. The molecule has 0 saturated heterocycles. The van der Waals surface area contributed by atoms with E-state index >= 15 is 0 Å². The van der Waals surface area contributed by atoms with Crippen LogP contribution in [0.15, 0.2) is 41.9 Å². The summed E-state index contributed by atoms with van der Waals surface area (Å²) in [5.41, 5.74) is 0.421. The Labute approximate surface area is 188 Å². The highest BCUT2D eigenvalue weighted by Crippen LogP contribution is 2.25. The fourth-order valence-electron chi connectivity index (χ4n) is 2.23. The van der Waals surface area contributed by atoms with Crippen LogP contribution in [0.5, 0.6) is 0 Å². The minimum atomic E-state index is -1.21. The van der Waals surface area contributed by atoms with Crippen LogP contribution in [-0.2, 0) is 14.3 Å². The van der Waals surface area contributed by atoms with Crippen molar-refractivity contribution in [1.82, 2.24) is 15.6 Å². The van der Waals surface area contributed by atoms with E-state index in [1.807, 2.05) is 0 Å². The molecule has 1 aromatic heterocycles. The Morgan fingerprint density at radius 1 is 1.16 bits per heavy atom. The molecule has 0 radical (unpaired) electrons. The fourth-order valence-corrected chi connectivity index (χ4v) is 3.04. The van der Waals surface area contributed by atoms with Crippen molar-refractivity contribution in [2.75, 3.05) is 5.32 Å². The number of ether oxygens (including phenoxy) is 1. The number of nitrogens with zero attached hydrogens (tertiary/aromatic N) is 1. The van der Waals surface area contributed by atoms with Gasteiger partial charge in [0.1, 0.15) is 22.3 Å². The van der Waals surface area contributed by atoms with Crippen LogP contribution < -0.4 is 16.0 Å². The van der Waals surface area contributed by atoms with Crippen molar-refractivity contribution in [2.45, 2.75) is 39.3 Å². The summed E-state index contributed by atoms with van der Waals surface area (Å²) in [7, 11) is 0. The van der Waals surface area contributed by atoms with E-state index in [1.54, 1.807) is 45.0 Å². The Morgan fingerprint density at radius 2 is 1.78 bits per heavy atom.